The minimum absolute atomic E-state index is 0.0403. The summed E-state index contributed by atoms with van der Waals surface area (Å²) in [5, 5.41) is 3.20. The normalized spacial score (nSPS) is 12.2. The van der Waals surface area contributed by atoms with Gasteiger partial charge < -0.3 is 5.32 Å². The van der Waals surface area contributed by atoms with Gasteiger partial charge in [0.1, 0.15) is 0 Å². The van der Waals surface area contributed by atoms with Gasteiger partial charge in [0.25, 0.3) is 5.91 Å². The average Bonchev–Trinajstić information content (AvgIpc) is 2.36. The molecule has 0 saturated heterocycles. The maximum Gasteiger partial charge on any atom is 0.252 e. The van der Waals surface area contributed by atoms with Gasteiger partial charge in [-0.15, -0.1) is 23.4 Å². The first-order valence-corrected chi connectivity index (χ1v) is 7.38. The maximum absolute atomic E-state index is 11.9. The van der Waals surface area contributed by atoms with E-state index in [1.165, 1.54) is 0 Å². The molecular weight excluding hydrogens is 277 g/mol. The Labute approximate surface area is 116 Å². The van der Waals surface area contributed by atoms with Crippen LogP contribution in [0.1, 0.15) is 23.7 Å². The number of halogens is 2. The van der Waals surface area contributed by atoms with Crippen LogP contribution in [0.4, 0.5) is 0 Å². The number of hydrogen-bond donors (Lipinski definition) is 1. The molecule has 1 amide bonds. The summed E-state index contributed by atoms with van der Waals surface area (Å²) in [6, 6.07) is 5.41. The van der Waals surface area contributed by atoms with Gasteiger partial charge in [0.05, 0.1) is 16.0 Å². The van der Waals surface area contributed by atoms with E-state index in [4.69, 9.17) is 23.2 Å². The van der Waals surface area contributed by atoms with Gasteiger partial charge in [0.2, 0.25) is 0 Å². The fourth-order valence-electron chi connectivity index (χ4n) is 1.25. The molecule has 0 aliphatic carbocycles. The Morgan fingerprint density at radius 2 is 2.24 bits per heavy atom. The standard InChI is InChI=1S/C12H15Cl2NOS/c1-3-8(13)7-15-12(16)10-6-9(17-2)4-5-11(10)14/h4-6,8H,3,7H2,1-2H3,(H,15,16). The molecule has 1 aromatic rings. The molecule has 0 heterocycles. The van der Waals surface area contributed by atoms with E-state index in [1.807, 2.05) is 19.2 Å². The largest absolute Gasteiger partial charge is 0.351 e. The van der Waals surface area contributed by atoms with Crippen molar-refractivity contribution in [2.45, 2.75) is 23.6 Å². The summed E-state index contributed by atoms with van der Waals surface area (Å²) in [6.07, 6.45) is 2.78. The van der Waals surface area contributed by atoms with E-state index in [0.29, 0.717) is 17.1 Å². The number of nitrogens with one attached hydrogen (secondary N) is 1. The van der Waals surface area contributed by atoms with Gasteiger partial charge in [-0.3, -0.25) is 4.79 Å². The van der Waals surface area contributed by atoms with Crippen molar-refractivity contribution in [1.82, 2.24) is 5.32 Å². The predicted octanol–water partition coefficient (Wildman–Crippen LogP) is 3.81. The molecule has 0 spiro atoms. The van der Waals surface area contributed by atoms with Gasteiger partial charge in [0.15, 0.2) is 0 Å². The molecule has 0 aliphatic heterocycles. The molecule has 0 fully saturated rings. The number of rotatable bonds is 5. The Kier molecular flexibility index (Phi) is 6.17. The highest BCUT2D eigenvalue weighted by atomic mass is 35.5. The van der Waals surface area contributed by atoms with Crippen LogP contribution in [0.5, 0.6) is 0 Å². The fourth-order valence-corrected chi connectivity index (χ4v) is 1.97. The van der Waals surface area contributed by atoms with E-state index >= 15 is 0 Å². The lowest BCUT2D eigenvalue weighted by Gasteiger charge is -2.10. The van der Waals surface area contributed by atoms with E-state index in [1.54, 1.807) is 23.9 Å². The van der Waals surface area contributed by atoms with Crippen LogP contribution in [0.2, 0.25) is 5.02 Å². The van der Waals surface area contributed by atoms with Crippen LogP contribution in [-0.2, 0) is 0 Å². The van der Waals surface area contributed by atoms with Crippen LogP contribution in [-0.4, -0.2) is 24.1 Å². The maximum atomic E-state index is 11.9. The summed E-state index contributed by atoms with van der Waals surface area (Å²) in [7, 11) is 0. The van der Waals surface area contributed by atoms with Crippen LogP contribution in [0.3, 0.4) is 0 Å². The minimum Gasteiger partial charge on any atom is -0.351 e. The van der Waals surface area contributed by atoms with Gasteiger partial charge >= 0.3 is 0 Å². The topological polar surface area (TPSA) is 29.1 Å². The molecule has 1 atom stereocenters. The van der Waals surface area contributed by atoms with Crippen LogP contribution in [0.25, 0.3) is 0 Å². The van der Waals surface area contributed by atoms with Crippen LogP contribution in [0.15, 0.2) is 23.1 Å². The third-order valence-corrected chi connectivity index (χ3v) is 3.86. The molecule has 0 saturated carbocycles. The molecule has 1 unspecified atom stereocenters. The Morgan fingerprint density at radius 3 is 2.82 bits per heavy atom. The fraction of sp³-hybridized carbons (Fsp3) is 0.417. The number of hydrogen-bond acceptors (Lipinski definition) is 2. The van der Waals surface area contributed by atoms with Crippen molar-refractivity contribution in [1.29, 1.82) is 0 Å². The quantitative estimate of drug-likeness (QED) is 0.660. The average molecular weight is 292 g/mol. The van der Waals surface area contributed by atoms with Gasteiger partial charge in [0, 0.05) is 11.4 Å². The lowest BCUT2D eigenvalue weighted by atomic mass is 10.2. The van der Waals surface area contributed by atoms with E-state index in [-0.39, 0.29) is 11.3 Å². The van der Waals surface area contributed by atoms with Gasteiger partial charge in [-0.2, -0.15) is 0 Å². The summed E-state index contributed by atoms with van der Waals surface area (Å²) in [6.45, 7) is 2.43. The van der Waals surface area contributed by atoms with Crippen molar-refractivity contribution in [2.24, 2.45) is 0 Å². The highest BCUT2D eigenvalue weighted by Gasteiger charge is 2.12. The van der Waals surface area contributed by atoms with Crippen LogP contribution >= 0.6 is 35.0 Å². The smallest absolute Gasteiger partial charge is 0.252 e. The molecule has 2 nitrogen and oxygen atoms in total. The van der Waals surface area contributed by atoms with Crippen LogP contribution < -0.4 is 5.32 Å². The number of alkyl halides is 1. The molecule has 0 radical (unpaired) electrons. The second kappa shape index (κ2) is 7.14. The van der Waals surface area contributed by atoms with E-state index < -0.39 is 0 Å². The van der Waals surface area contributed by atoms with E-state index in [2.05, 4.69) is 5.32 Å². The third-order valence-electron chi connectivity index (χ3n) is 2.35. The van der Waals surface area contributed by atoms with Crippen molar-refractivity contribution in [3.63, 3.8) is 0 Å². The molecule has 1 aromatic carbocycles. The highest BCUT2D eigenvalue weighted by Crippen LogP contribution is 2.22. The summed E-state index contributed by atoms with van der Waals surface area (Å²) >= 11 is 13.5. The third kappa shape index (κ3) is 4.41. The summed E-state index contributed by atoms with van der Waals surface area (Å²) in [4.78, 5) is 12.9. The zero-order chi connectivity index (χ0) is 12.8. The number of amides is 1. The van der Waals surface area contributed by atoms with Crippen molar-refractivity contribution >= 4 is 40.9 Å². The van der Waals surface area contributed by atoms with E-state index in [0.717, 1.165) is 11.3 Å². The lowest BCUT2D eigenvalue weighted by Crippen LogP contribution is -2.29. The molecule has 0 aliphatic rings. The summed E-state index contributed by atoms with van der Waals surface area (Å²) in [5.74, 6) is -0.176. The molecule has 17 heavy (non-hydrogen) atoms. The number of benzene rings is 1. The molecule has 5 heteroatoms. The first-order valence-electron chi connectivity index (χ1n) is 5.34. The monoisotopic (exact) mass is 291 g/mol. The van der Waals surface area contributed by atoms with Gasteiger partial charge in [-0.05, 0) is 30.9 Å². The highest BCUT2D eigenvalue weighted by molar-refractivity contribution is 7.98. The second-order valence-electron chi connectivity index (χ2n) is 3.56. The summed E-state index contributed by atoms with van der Waals surface area (Å²) in [5.41, 5.74) is 0.499. The SMILES string of the molecule is CCC(Cl)CNC(=O)c1cc(SC)ccc1Cl. The minimum atomic E-state index is -0.176. The Bertz CT molecular complexity index is 398. The van der Waals surface area contributed by atoms with Gasteiger partial charge in [-0.25, -0.2) is 0 Å². The molecule has 94 valence electrons. The van der Waals surface area contributed by atoms with Crippen molar-refractivity contribution < 1.29 is 4.79 Å². The summed E-state index contributed by atoms with van der Waals surface area (Å²) < 4.78 is 0. The van der Waals surface area contributed by atoms with Gasteiger partial charge in [-0.1, -0.05) is 18.5 Å². The number of thioether (sulfide) groups is 1. The molecule has 0 bridgehead atoms. The van der Waals surface area contributed by atoms with Crippen molar-refractivity contribution in [3.05, 3.63) is 28.8 Å². The zero-order valence-electron chi connectivity index (χ0n) is 9.80. The first-order chi connectivity index (χ1) is 8.08. The first kappa shape index (κ1) is 14.7. The van der Waals surface area contributed by atoms with Crippen molar-refractivity contribution in [3.8, 4) is 0 Å². The Morgan fingerprint density at radius 1 is 1.53 bits per heavy atom. The molecule has 0 aromatic heterocycles. The zero-order valence-corrected chi connectivity index (χ0v) is 12.1. The molecule has 1 rings (SSSR count). The second-order valence-corrected chi connectivity index (χ2v) is 5.47. The van der Waals surface area contributed by atoms with E-state index in [9.17, 15) is 4.79 Å². The number of carbonyl (C=O) groups is 1. The van der Waals surface area contributed by atoms with Crippen molar-refractivity contribution in [2.75, 3.05) is 12.8 Å². The number of carbonyl (C=O) groups excluding carboxylic acids is 1. The Hall–Kier alpha value is -0.380. The Balaban J connectivity index is 2.74. The molecule has 1 N–H and O–H groups in total. The predicted molar refractivity (Wildman–Crippen MR) is 75.5 cm³/mol. The lowest BCUT2D eigenvalue weighted by molar-refractivity contribution is 0.0953. The van der Waals surface area contributed by atoms with Crippen LogP contribution in [0, 0.1) is 0 Å². The molecular formula is C12H15Cl2NOS.